The van der Waals surface area contributed by atoms with Gasteiger partial charge in [-0.05, 0) is 36.8 Å². The Bertz CT molecular complexity index is 696. The van der Waals surface area contributed by atoms with Gasteiger partial charge in [0.1, 0.15) is 0 Å². The van der Waals surface area contributed by atoms with Crippen LogP contribution in [-0.2, 0) is 0 Å². The molecule has 0 heterocycles. The lowest BCUT2D eigenvalue weighted by atomic mass is 10.1. The van der Waals surface area contributed by atoms with Gasteiger partial charge in [-0.1, -0.05) is 6.07 Å². The molecule has 0 saturated carbocycles. The normalized spacial score (nSPS) is 10.8. The Morgan fingerprint density at radius 3 is 2.29 bits per heavy atom. The molecule has 0 saturated heterocycles. The Hall–Kier alpha value is -2.76. The van der Waals surface area contributed by atoms with Crippen molar-refractivity contribution in [1.29, 1.82) is 0 Å². The molecule has 6 nitrogen and oxygen atoms in total. The molecule has 0 N–H and O–H groups in total. The molecule has 6 heteroatoms. The zero-order chi connectivity index (χ0) is 15.4. The van der Waals surface area contributed by atoms with Crippen molar-refractivity contribution >= 4 is 22.7 Å². The molecule has 0 aliphatic heterocycles. The van der Waals surface area contributed by atoms with E-state index in [4.69, 9.17) is 0 Å². The zero-order valence-electron chi connectivity index (χ0n) is 12.1. The van der Waals surface area contributed by atoms with Gasteiger partial charge in [-0.15, -0.1) is 0 Å². The number of aryl methyl sites for hydroxylation is 1. The van der Waals surface area contributed by atoms with Crippen molar-refractivity contribution in [3.8, 4) is 0 Å². The van der Waals surface area contributed by atoms with Gasteiger partial charge in [-0.2, -0.15) is 10.2 Å². The second-order valence-corrected chi connectivity index (χ2v) is 4.84. The minimum Gasteiger partial charge on any atom is -0.377 e. The summed E-state index contributed by atoms with van der Waals surface area (Å²) in [6.07, 6.45) is 0. The summed E-state index contributed by atoms with van der Waals surface area (Å²) in [5.74, 6) is 0. The average molecular weight is 284 g/mol. The summed E-state index contributed by atoms with van der Waals surface area (Å²) >= 11 is 0. The Morgan fingerprint density at radius 1 is 1.05 bits per heavy atom. The van der Waals surface area contributed by atoms with Crippen molar-refractivity contribution in [2.75, 3.05) is 19.0 Å². The lowest BCUT2D eigenvalue weighted by molar-refractivity contribution is -0.384. The van der Waals surface area contributed by atoms with Crippen LogP contribution >= 0.6 is 0 Å². The first-order chi connectivity index (χ1) is 9.97. The number of benzene rings is 2. The molecule has 2 rings (SSSR count). The first-order valence-corrected chi connectivity index (χ1v) is 6.41. The molecule has 0 spiro atoms. The Kier molecular flexibility index (Phi) is 4.27. The van der Waals surface area contributed by atoms with E-state index < -0.39 is 4.92 Å². The number of nitro groups is 1. The number of azo groups is 1. The minimum absolute atomic E-state index is 0.00517. The third kappa shape index (κ3) is 3.62. The molecule has 0 radical (unpaired) electrons. The number of nitrogens with zero attached hydrogens (tertiary/aromatic N) is 4. The predicted molar refractivity (Wildman–Crippen MR) is 82.8 cm³/mol. The molecular formula is C15H16N4O2. The van der Waals surface area contributed by atoms with Crippen molar-refractivity contribution in [2.24, 2.45) is 10.2 Å². The third-order valence-corrected chi connectivity index (χ3v) is 2.98. The molecule has 0 aromatic heterocycles. The summed E-state index contributed by atoms with van der Waals surface area (Å²) in [7, 11) is 3.96. The molecule has 0 fully saturated rings. The van der Waals surface area contributed by atoms with Gasteiger partial charge >= 0.3 is 0 Å². The van der Waals surface area contributed by atoms with Crippen LogP contribution in [0.5, 0.6) is 0 Å². The van der Waals surface area contributed by atoms with Gasteiger partial charge in [-0.3, -0.25) is 10.1 Å². The third-order valence-electron chi connectivity index (χ3n) is 2.98. The van der Waals surface area contributed by atoms with Crippen LogP contribution in [0.3, 0.4) is 0 Å². The molecule has 0 amide bonds. The number of hydrogen-bond acceptors (Lipinski definition) is 5. The molecule has 108 valence electrons. The Balaban J connectivity index is 2.23. The van der Waals surface area contributed by atoms with Gasteiger partial charge < -0.3 is 4.90 Å². The van der Waals surface area contributed by atoms with Gasteiger partial charge in [0.25, 0.3) is 5.69 Å². The van der Waals surface area contributed by atoms with E-state index in [1.165, 1.54) is 12.1 Å². The van der Waals surface area contributed by atoms with E-state index in [0.717, 1.165) is 11.3 Å². The molecule has 2 aromatic rings. The van der Waals surface area contributed by atoms with E-state index in [-0.39, 0.29) is 5.69 Å². The van der Waals surface area contributed by atoms with E-state index in [9.17, 15) is 10.1 Å². The van der Waals surface area contributed by atoms with Crippen LogP contribution in [0.15, 0.2) is 52.7 Å². The fourth-order valence-electron chi connectivity index (χ4n) is 1.99. The van der Waals surface area contributed by atoms with Crippen LogP contribution in [0, 0.1) is 17.0 Å². The van der Waals surface area contributed by atoms with Crippen LogP contribution in [0.1, 0.15) is 5.56 Å². The van der Waals surface area contributed by atoms with E-state index >= 15 is 0 Å². The van der Waals surface area contributed by atoms with E-state index in [1.807, 2.05) is 44.1 Å². The fraction of sp³-hybridized carbons (Fsp3) is 0.200. The van der Waals surface area contributed by atoms with Gasteiger partial charge in [0.2, 0.25) is 0 Å². The fourth-order valence-corrected chi connectivity index (χ4v) is 1.99. The monoisotopic (exact) mass is 284 g/mol. The van der Waals surface area contributed by atoms with E-state index in [0.29, 0.717) is 11.4 Å². The molecule has 0 aliphatic carbocycles. The quantitative estimate of drug-likeness (QED) is 0.475. The van der Waals surface area contributed by atoms with Gasteiger partial charge in [0, 0.05) is 31.9 Å². The standard InChI is InChI=1S/C15H16N4O2/c1-11-9-13(7-8-15(11)18(2)3)17-16-12-5-4-6-14(10-12)19(20)21/h4-10H,1-3H3/b17-16+. The van der Waals surface area contributed by atoms with Crippen LogP contribution < -0.4 is 4.90 Å². The average Bonchev–Trinajstić information content (AvgIpc) is 2.45. The largest absolute Gasteiger partial charge is 0.377 e. The van der Waals surface area contributed by atoms with E-state index in [1.54, 1.807) is 12.1 Å². The molecule has 21 heavy (non-hydrogen) atoms. The number of nitro benzene ring substituents is 1. The second-order valence-electron chi connectivity index (χ2n) is 4.84. The Morgan fingerprint density at radius 2 is 1.71 bits per heavy atom. The maximum absolute atomic E-state index is 10.7. The summed E-state index contributed by atoms with van der Waals surface area (Å²) in [6.45, 7) is 2.00. The predicted octanol–water partition coefficient (Wildman–Crippen LogP) is 4.38. The van der Waals surface area contributed by atoms with Crippen LogP contribution in [-0.4, -0.2) is 19.0 Å². The SMILES string of the molecule is Cc1cc(/N=N/c2cccc([N+](=O)[O-])c2)ccc1N(C)C. The highest BCUT2D eigenvalue weighted by atomic mass is 16.6. The molecule has 0 aliphatic rings. The molecule has 0 unspecified atom stereocenters. The van der Waals surface area contributed by atoms with Crippen molar-refractivity contribution in [2.45, 2.75) is 6.92 Å². The van der Waals surface area contributed by atoms with Crippen LogP contribution in [0.25, 0.3) is 0 Å². The van der Waals surface area contributed by atoms with Crippen molar-refractivity contribution < 1.29 is 4.92 Å². The maximum Gasteiger partial charge on any atom is 0.271 e. The highest BCUT2D eigenvalue weighted by Gasteiger charge is 2.05. The van der Waals surface area contributed by atoms with Crippen molar-refractivity contribution in [3.63, 3.8) is 0 Å². The highest BCUT2D eigenvalue weighted by molar-refractivity contribution is 5.58. The maximum atomic E-state index is 10.7. The summed E-state index contributed by atoms with van der Waals surface area (Å²) in [5, 5.41) is 18.9. The number of anilines is 1. The summed E-state index contributed by atoms with van der Waals surface area (Å²) in [6, 6.07) is 11.8. The smallest absolute Gasteiger partial charge is 0.271 e. The van der Waals surface area contributed by atoms with Crippen molar-refractivity contribution in [3.05, 3.63) is 58.1 Å². The minimum atomic E-state index is -0.449. The van der Waals surface area contributed by atoms with Gasteiger partial charge in [-0.25, -0.2) is 0 Å². The molecular weight excluding hydrogens is 268 g/mol. The lowest BCUT2D eigenvalue weighted by Gasteiger charge is -2.15. The first-order valence-electron chi connectivity index (χ1n) is 6.41. The second kappa shape index (κ2) is 6.13. The first kappa shape index (κ1) is 14.6. The molecule has 0 atom stereocenters. The zero-order valence-corrected chi connectivity index (χ0v) is 12.1. The summed E-state index contributed by atoms with van der Waals surface area (Å²) in [5.41, 5.74) is 3.38. The number of rotatable bonds is 4. The van der Waals surface area contributed by atoms with Gasteiger partial charge in [0.15, 0.2) is 0 Å². The molecule has 2 aromatic carbocycles. The lowest BCUT2D eigenvalue weighted by Crippen LogP contribution is -2.09. The van der Waals surface area contributed by atoms with Gasteiger partial charge in [0.05, 0.1) is 16.3 Å². The van der Waals surface area contributed by atoms with Crippen LogP contribution in [0.4, 0.5) is 22.7 Å². The number of hydrogen-bond donors (Lipinski definition) is 0. The van der Waals surface area contributed by atoms with E-state index in [2.05, 4.69) is 10.2 Å². The summed E-state index contributed by atoms with van der Waals surface area (Å²) < 4.78 is 0. The topological polar surface area (TPSA) is 71.1 Å². The summed E-state index contributed by atoms with van der Waals surface area (Å²) in [4.78, 5) is 12.3. The van der Waals surface area contributed by atoms with Crippen molar-refractivity contribution in [1.82, 2.24) is 0 Å². The highest BCUT2D eigenvalue weighted by Crippen LogP contribution is 2.26. The number of non-ortho nitro benzene ring substituents is 1. The Labute approximate surface area is 122 Å². The van der Waals surface area contributed by atoms with Crippen LogP contribution in [0.2, 0.25) is 0 Å². The molecule has 0 bridgehead atoms.